The normalized spacial score (nSPS) is 11.9. The van der Waals surface area contributed by atoms with Crippen LogP contribution < -0.4 is 4.72 Å². The number of rotatable bonds is 5. The van der Waals surface area contributed by atoms with Crippen molar-refractivity contribution in [3.05, 3.63) is 34.6 Å². The maximum Gasteiger partial charge on any atom is 0.264 e. The van der Waals surface area contributed by atoms with E-state index in [2.05, 4.69) is 27.9 Å². The van der Waals surface area contributed by atoms with E-state index in [1.54, 1.807) is 19.1 Å². The molecule has 0 fully saturated rings. The van der Waals surface area contributed by atoms with Gasteiger partial charge in [-0.15, -0.1) is 0 Å². The maximum atomic E-state index is 12.4. The molecule has 0 radical (unpaired) electrons. The highest BCUT2D eigenvalue weighted by molar-refractivity contribution is 7.93. The van der Waals surface area contributed by atoms with E-state index in [1.807, 2.05) is 0 Å². The SMILES string of the molecule is Cc1c(Cl)cccc1S(=O)(=O)Nc1nc(CC(C)C)ns1. The van der Waals surface area contributed by atoms with Gasteiger partial charge in [-0.05, 0) is 30.5 Å². The molecule has 0 spiro atoms. The molecule has 0 aliphatic heterocycles. The Morgan fingerprint density at radius 1 is 1.38 bits per heavy atom. The van der Waals surface area contributed by atoms with E-state index in [9.17, 15) is 8.42 Å². The molecule has 0 unspecified atom stereocenters. The predicted molar refractivity (Wildman–Crippen MR) is 85.4 cm³/mol. The summed E-state index contributed by atoms with van der Waals surface area (Å²) in [4.78, 5) is 4.35. The zero-order chi connectivity index (χ0) is 15.6. The minimum Gasteiger partial charge on any atom is -0.253 e. The van der Waals surface area contributed by atoms with E-state index in [0.717, 1.165) is 11.5 Å². The van der Waals surface area contributed by atoms with E-state index >= 15 is 0 Å². The van der Waals surface area contributed by atoms with Crippen molar-refractivity contribution in [2.24, 2.45) is 5.92 Å². The standard InChI is InChI=1S/C13H16ClN3O2S2/c1-8(2)7-12-15-13(20-16-12)17-21(18,19)11-6-4-5-10(14)9(11)3/h4-6,8H,7H2,1-3H3,(H,15,16,17). The molecular formula is C13H16ClN3O2S2. The van der Waals surface area contributed by atoms with Crippen LogP contribution >= 0.6 is 23.1 Å². The molecule has 2 rings (SSSR count). The molecule has 1 N–H and O–H groups in total. The molecule has 1 aromatic heterocycles. The molecule has 5 nitrogen and oxygen atoms in total. The molecule has 0 amide bonds. The van der Waals surface area contributed by atoms with Gasteiger partial charge in [-0.1, -0.05) is 31.5 Å². The van der Waals surface area contributed by atoms with Gasteiger partial charge in [-0.3, -0.25) is 4.72 Å². The number of aromatic nitrogens is 2. The van der Waals surface area contributed by atoms with E-state index in [-0.39, 0.29) is 10.0 Å². The molecule has 8 heteroatoms. The topological polar surface area (TPSA) is 72.0 Å². The lowest BCUT2D eigenvalue weighted by Gasteiger charge is -2.08. The van der Waals surface area contributed by atoms with Crippen molar-refractivity contribution < 1.29 is 8.42 Å². The average molecular weight is 346 g/mol. The van der Waals surface area contributed by atoms with Crippen molar-refractivity contribution in [2.75, 3.05) is 4.72 Å². The van der Waals surface area contributed by atoms with Crippen molar-refractivity contribution in [3.8, 4) is 0 Å². The van der Waals surface area contributed by atoms with Gasteiger partial charge in [0.1, 0.15) is 5.82 Å². The molecule has 0 atom stereocenters. The largest absolute Gasteiger partial charge is 0.264 e. The van der Waals surface area contributed by atoms with Crippen LogP contribution in [0.1, 0.15) is 25.2 Å². The van der Waals surface area contributed by atoms with Crippen LogP contribution in [0.5, 0.6) is 0 Å². The van der Waals surface area contributed by atoms with Gasteiger partial charge < -0.3 is 0 Å². The molecule has 0 bridgehead atoms. The quantitative estimate of drug-likeness (QED) is 0.900. The van der Waals surface area contributed by atoms with Crippen molar-refractivity contribution in [1.82, 2.24) is 9.36 Å². The highest BCUT2D eigenvalue weighted by Gasteiger charge is 2.20. The molecule has 21 heavy (non-hydrogen) atoms. The lowest BCUT2D eigenvalue weighted by atomic mass is 10.1. The van der Waals surface area contributed by atoms with Crippen molar-refractivity contribution >= 4 is 38.3 Å². The number of benzene rings is 1. The summed E-state index contributed by atoms with van der Waals surface area (Å²) in [6.07, 6.45) is 0.717. The zero-order valence-corrected chi connectivity index (χ0v) is 14.3. The zero-order valence-electron chi connectivity index (χ0n) is 11.9. The molecule has 1 aromatic carbocycles. The van der Waals surface area contributed by atoms with Gasteiger partial charge in [0.25, 0.3) is 10.0 Å². The number of halogens is 1. The Labute approximate surface area is 133 Å². The summed E-state index contributed by atoms with van der Waals surface area (Å²) in [7, 11) is -3.71. The molecule has 2 aromatic rings. The van der Waals surface area contributed by atoms with Gasteiger partial charge in [0, 0.05) is 23.0 Å². The average Bonchev–Trinajstić information content (AvgIpc) is 2.78. The summed E-state index contributed by atoms with van der Waals surface area (Å²) >= 11 is 7.01. The molecule has 0 saturated carbocycles. The third-order valence-electron chi connectivity index (χ3n) is 2.79. The Hall–Kier alpha value is -1.18. The first-order chi connectivity index (χ1) is 9.79. The summed E-state index contributed by atoms with van der Waals surface area (Å²) in [6, 6.07) is 4.77. The first kappa shape index (κ1) is 16.2. The number of hydrogen-bond donors (Lipinski definition) is 1. The fourth-order valence-electron chi connectivity index (χ4n) is 1.79. The highest BCUT2D eigenvalue weighted by Crippen LogP contribution is 2.25. The van der Waals surface area contributed by atoms with Gasteiger partial charge in [-0.25, -0.2) is 13.4 Å². The van der Waals surface area contributed by atoms with Gasteiger partial charge >= 0.3 is 0 Å². The van der Waals surface area contributed by atoms with Crippen molar-refractivity contribution in [2.45, 2.75) is 32.1 Å². The van der Waals surface area contributed by atoms with Crippen LogP contribution in [-0.2, 0) is 16.4 Å². The molecule has 0 saturated heterocycles. The Balaban J connectivity index is 2.25. The van der Waals surface area contributed by atoms with E-state index < -0.39 is 10.0 Å². The van der Waals surface area contributed by atoms with Crippen LogP contribution in [0.2, 0.25) is 5.02 Å². The van der Waals surface area contributed by atoms with E-state index in [0.29, 0.717) is 28.7 Å². The van der Waals surface area contributed by atoms with Crippen LogP contribution in [0.25, 0.3) is 0 Å². The maximum absolute atomic E-state index is 12.4. The van der Waals surface area contributed by atoms with Crippen molar-refractivity contribution in [3.63, 3.8) is 0 Å². The lowest BCUT2D eigenvalue weighted by molar-refractivity contribution is 0.600. The van der Waals surface area contributed by atoms with Gasteiger partial charge in [0.2, 0.25) is 5.13 Å². The van der Waals surface area contributed by atoms with Gasteiger partial charge in [-0.2, -0.15) is 4.37 Å². The van der Waals surface area contributed by atoms with Crippen LogP contribution in [0, 0.1) is 12.8 Å². The van der Waals surface area contributed by atoms with Crippen LogP contribution in [0.4, 0.5) is 5.13 Å². The summed E-state index contributed by atoms with van der Waals surface area (Å²) < 4.78 is 31.4. The third kappa shape index (κ3) is 3.93. The summed E-state index contributed by atoms with van der Waals surface area (Å²) in [6.45, 7) is 5.78. The summed E-state index contributed by atoms with van der Waals surface area (Å²) in [5, 5.41) is 0.681. The Bertz CT molecular complexity index is 742. The second-order valence-corrected chi connectivity index (χ2v) is 7.89. The molecule has 1 heterocycles. The van der Waals surface area contributed by atoms with Gasteiger partial charge in [0.15, 0.2) is 0 Å². The smallest absolute Gasteiger partial charge is 0.253 e. The molecular weight excluding hydrogens is 330 g/mol. The third-order valence-corrected chi connectivity index (χ3v) is 5.48. The number of anilines is 1. The number of nitrogens with one attached hydrogen (secondary N) is 1. The minimum absolute atomic E-state index is 0.149. The monoisotopic (exact) mass is 345 g/mol. The second kappa shape index (κ2) is 6.29. The summed E-state index contributed by atoms with van der Waals surface area (Å²) in [5.74, 6) is 1.06. The Morgan fingerprint density at radius 3 is 2.76 bits per heavy atom. The molecule has 0 aliphatic rings. The number of sulfonamides is 1. The summed E-state index contributed by atoms with van der Waals surface area (Å²) in [5.41, 5.74) is 0.513. The van der Waals surface area contributed by atoms with Crippen LogP contribution in [-0.4, -0.2) is 17.8 Å². The van der Waals surface area contributed by atoms with Crippen LogP contribution in [0.3, 0.4) is 0 Å². The first-order valence-electron chi connectivity index (χ1n) is 6.40. The van der Waals surface area contributed by atoms with Gasteiger partial charge in [0.05, 0.1) is 4.90 Å². The molecule has 0 aliphatic carbocycles. The Morgan fingerprint density at radius 2 is 2.10 bits per heavy atom. The lowest BCUT2D eigenvalue weighted by Crippen LogP contribution is -2.14. The van der Waals surface area contributed by atoms with Crippen LogP contribution in [0.15, 0.2) is 23.1 Å². The predicted octanol–water partition coefficient (Wildman–Crippen LogP) is 3.50. The Kier molecular flexibility index (Phi) is 4.85. The van der Waals surface area contributed by atoms with E-state index in [4.69, 9.17) is 11.6 Å². The minimum atomic E-state index is -3.71. The first-order valence-corrected chi connectivity index (χ1v) is 9.03. The fraction of sp³-hybridized carbons (Fsp3) is 0.385. The fourth-order valence-corrected chi connectivity index (χ4v) is 4.11. The van der Waals surface area contributed by atoms with E-state index in [1.165, 1.54) is 6.07 Å². The second-order valence-electron chi connectivity index (χ2n) is 5.08. The molecule has 114 valence electrons. The van der Waals surface area contributed by atoms with Crippen molar-refractivity contribution in [1.29, 1.82) is 0 Å². The number of hydrogen-bond acceptors (Lipinski definition) is 5. The highest BCUT2D eigenvalue weighted by atomic mass is 35.5. The number of nitrogens with zero attached hydrogens (tertiary/aromatic N) is 2.